The molecule has 1 saturated carbocycles. The van der Waals surface area contributed by atoms with Gasteiger partial charge in [-0.1, -0.05) is 0 Å². The summed E-state index contributed by atoms with van der Waals surface area (Å²) in [5, 5.41) is 0. The van der Waals surface area contributed by atoms with Gasteiger partial charge >= 0.3 is 0 Å². The molecule has 0 aromatic rings. The molecule has 9 heavy (non-hydrogen) atoms. The minimum absolute atomic E-state index is 0.329. The second kappa shape index (κ2) is 1.96. The molecular formula is C7H13NO. The van der Waals surface area contributed by atoms with Crippen molar-refractivity contribution in [2.75, 3.05) is 6.61 Å². The Morgan fingerprint density at radius 1 is 1.33 bits per heavy atom. The smallest absolute Gasteiger partial charge is 0.0622 e. The molecule has 2 fully saturated rings. The van der Waals surface area contributed by atoms with Gasteiger partial charge in [-0.2, -0.15) is 0 Å². The Morgan fingerprint density at radius 3 is 2.56 bits per heavy atom. The van der Waals surface area contributed by atoms with Crippen LogP contribution in [0.15, 0.2) is 0 Å². The van der Waals surface area contributed by atoms with Crippen LogP contribution in [-0.4, -0.2) is 18.8 Å². The first-order chi connectivity index (χ1) is 4.36. The van der Waals surface area contributed by atoms with Gasteiger partial charge in [0.25, 0.3) is 0 Å². The van der Waals surface area contributed by atoms with E-state index in [0.717, 1.165) is 18.9 Å². The van der Waals surface area contributed by atoms with E-state index >= 15 is 0 Å². The van der Waals surface area contributed by atoms with E-state index in [1.807, 2.05) is 0 Å². The van der Waals surface area contributed by atoms with E-state index in [1.54, 1.807) is 0 Å². The third-order valence-electron chi connectivity index (χ3n) is 2.21. The van der Waals surface area contributed by atoms with Crippen molar-refractivity contribution >= 4 is 0 Å². The number of rotatable bonds is 1. The largest absolute Gasteiger partial charge is 0.376 e. The Labute approximate surface area is 55.4 Å². The van der Waals surface area contributed by atoms with Crippen molar-refractivity contribution in [2.24, 2.45) is 11.7 Å². The average molecular weight is 127 g/mol. The normalized spacial score (nSPS) is 43.7. The number of nitrogens with two attached hydrogens (primary N) is 1. The third kappa shape index (κ3) is 1.10. The molecule has 2 N–H and O–H groups in total. The molecule has 0 amide bonds. The van der Waals surface area contributed by atoms with Crippen molar-refractivity contribution in [3.63, 3.8) is 0 Å². The van der Waals surface area contributed by atoms with Crippen molar-refractivity contribution in [2.45, 2.75) is 31.4 Å². The molecule has 52 valence electrons. The van der Waals surface area contributed by atoms with E-state index in [1.165, 1.54) is 12.8 Å². The second-order valence-corrected chi connectivity index (χ2v) is 3.20. The van der Waals surface area contributed by atoms with E-state index in [-0.39, 0.29) is 0 Å². The van der Waals surface area contributed by atoms with Gasteiger partial charge in [-0.3, -0.25) is 0 Å². The quantitative estimate of drug-likeness (QED) is 0.557. The lowest BCUT2D eigenvalue weighted by Crippen LogP contribution is -2.19. The molecule has 2 atom stereocenters. The molecule has 0 aromatic heterocycles. The van der Waals surface area contributed by atoms with Crippen LogP contribution in [0.5, 0.6) is 0 Å². The average Bonchev–Trinajstić information content (AvgIpc) is 2.58. The van der Waals surface area contributed by atoms with Gasteiger partial charge in [0.15, 0.2) is 0 Å². The summed E-state index contributed by atoms with van der Waals surface area (Å²) < 4.78 is 5.46. The summed E-state index contributed by atoms with van der Waals surface area (Å²) in [6.07, 6.45) is 4.37. The van der Waals surface area contributed by atoms with Crippen molar-refractivity contribution < 1.29 is 4.74 Å². The predicted octanol–water partition coefficient (Wildman–Crippen LogP) is 0.513. The fraction of sp³-hybridized carbons (Fsp3) is 1.00. The van der Waals surface area contributed by atoms with Gasteiger partial charge in [0, 0.05) is 6.04 Å². The maximum absolute atomic E-state index is 5.67. The zero-order valence-electron chi connectivity index (χ0n) is 5.55. The number of hydrogen-bond donors (Lipinski definition) is 1. The van der Waals surface area contributed by atoms with E-state index < -0.39 is 0 Å². The molecule has 2 rings (SSSR count). The summed E-state index contributed by atoms with van der Waals surface area (Å²) in [6, 6.07) is 0.329. The van der Waals surface area contributed by atoms with Crippen molar-refractivity contribution in [3.05, 3.63) is 0 Å². The summed E-state index contributed by atoms with van der Waals surface area (Å²) in [6.45, 7) is 0.793. The molecule has 0 aromatic carbocycles. The Bertz CT molecular complexity index is 111. The minimum Gasteiger partial charge on any atom is -0.376 e. The highest BCUT2D eigenvalue weighted by atomic mass is 16.5. The Balaban J connectivity index is 1.86. The van der Waals surface area contributed by atoms with Gasteiger partial charge in [0.1, 0.15) is 0 Å². The van der Waals surface area contributed by atoms with Crippen LogP contribution in [0.1, 0.15) is 19.3 Å². The van der Waals surface area contributed by atoms with Gasteiger partial charge in [-0.05, 0) is 25.2 Å². The lowest BCUT2D eigenvalue weighted by atomic mass is 10.1. The molecule has 1 heterocycles. The van der Waals surface area contributed by atoms with Gasteiger partial charge in [-0.15, -0.1) is 0 Å². The van der Waals surface area contributed by atoms with Crippen molar-refractivity contribution in [1.82, 2.24) is 0 Å². The van der Waals surface area contributed by atoms with E-state index in [0.29, 0.717) is 12.1 Å². The Kier molecular flexibility index (Phi) is 1.24. The lowest BCUT2D eigenvalue weighted by molar-refractivity contribution is 0.0930. The molecule has 2 nitrogen and oxygen atoms in total. The number of ether oxygens (including phenoxy) is 1. The van der Waals surface area contributed by atoms with Crippen LogP contribution in [0.25, 0.3) is 0 Å². The van der Waals surface area contributed by atoms with Crippen LogP contribution in [0, 0.1) is 5.92 Å². The summed E-state index contributed by atoms with van der Waals surface area (Å²) in [5.41, 5.74) is 5.67. The molecule has 0 spiro atoms. The van der Waals surface area contributed by atoms with Gasteiger partial charge in [0.05, 0.1) is 12.7 Å². The minimum atomic E-state index is 0.329. The van der Waals surface area contributed by atoms with Crippen molar-refractivity contribution in [1.29, 1.82) is 0 Å². The van der Waals surface area contributed by atoms with Crippen molar-refractivity contribution in [3.8, 4) is 0 Å². The Hall–Kier alpha value is -0.0800. The van der Waals surface area contributed by atoms with Crippen LogP contribution >= 0.6 is 0 Å². The van der Waals surface area contributed by atoms with Gasteiger partial charge < -0.3 is 10.5 Å². The first kappa shape index (κ1) is 5.69. The molecule has 0 bridgehead atoms. The maximum Gasteiger partial charge on any atom is 0.0622 e. The van der Waals surface area contributed by atoms with E-state index in [9.17, 15) is 0 Å². The maximum atomic E-state index is 5.67. The second-order valence-electron chi connectivity index (χ2n) is 3.20. The molecule has 0 unspecified atom stereocenters. The van der Waals surface area contributed by atoms with E-state index in [2.05, 4.69) is 0 Å². The molecular weight excluding hydrogens is 114 g/mol. The van der Waals surface area contributed by atoms with Crippen LogP contribution in [0.4, 0.5) is 0 Å². The zero-order valence-corrected chi connectivity index (χ0v) is 5.55. The standard InChI is InChI=1S/C7H13NO/c8-6-3-7(9-4-6)5-1-2-5/h5-7H,1-4,8H2/t6-,7+/m1/s1. The summed E-state index contributed by atoms with van der Waals surface area (Å²) in [4.78, 5) is 0. The van der Waals surface area contributed by atoms with E-state index in [4.69, 9.17) is 10.5 Å². The molecule has 0 radical (unpaired) electrons. The molecule has 2 aliphatic rings. The highest BCUT2D eigenvalue weighted by molar-refractivity contribution is 4.88. The van der Waals surface area contributed by atoms with Crippen LogP contribution in [0.2, 0.25) is 0 Å². The summed E-state index contributed by atoms with van der Waals surface area (Å²) >= 11 is 0. The zero-order chi connectivity index (χ0) is 6.27. The summed E-state index contributed by atoms with van der Waals surface area (Å²) in [5.74, 6) is 0.874. The van der Waals surface area contributed by atoms with Crippen LogP contribution in [0.3, 0.4) is 0 Å². The molecule has 1 aliphatic carbocycles. The van der Waals surface area contributed by atoms with Crippen LogP contribution in [-0.2, 0) is 4.74 Å². The fourth-order valence-electron chi connectivity index (χ4n) is 1.48. The van der Waals surface area contributed by atoms with Gasteiger partial charge in [-0.25, -0.2) is 0 Å². The fourth-order valence-corrected chi connectivity index (χ4v) is 1.48. The first-order valence-corrected chi connectivity index (χ1v) is 3.73. The topological polar surface area (TPSA) is 35.2 Å². The Morgan fingerprint density at radius 2 is 2.11 bits per heavy atom. The highest BCUT2D eigenvalue weighted by Gasteiger charge is 2.36. The lowest BCUT2D eigenvalue weighted by Gasteiger charge is -2.04. The molecule has 1 aliphatic heterocycles. The van der Waals surface area contributed by atoms with Gasteiger partial charge in [0.2, 0.25) is 0 Å². The monoisotopic (exact) mass is 127 g/mol. The first-order valence-electron chi connectivity index (χ1n) is 3.73. The predicted molar refractivity (Wildman–Crippen MR) is 35.1 cm³/mol. The van der Waals surface area contributed by atoms with Crippen LogP contribution < -0.4 is 5.73 Å². The molecule has 2 heteroatoms. The summed E-state index contributed by atoms with van der Waals surface area (Å²) in [7, 11) is 0. The molecule has 1 saturated heterocycles. The highest BCUT2D eigenvalue weighted by Crippen LogP contribution is 2.38. The third-order valence-corrected chi connectivity index (χ3v) is 2.21. The SMILES string of the molecule is N[C@H]1CO[C@H](C2CC2)C1. The number of hydrogen-bond acceptors (Lipinski definition) is 2.